The Morgan fingerprint density at radius 3 is 2.28 bits per heavy atom. The van der Waals surface area contributed by atoms with Gasteiger partial charge < -0.3 is 0 Å². The Morgan fingerprint density at radius 1 is 1.00 bits per heavy atom. The largest absolute Gasteiger partial charge is 0.295 e. The fourth-order valence-corrected chi connectivity index (χ4v) is 2.58. The monoisotopic (exact) mass is 240 g/mol. The zero-order valence-corrected chi connectivity index (χ0v) is 10.2. The number of rotatable bonds is 1. The fraction of sp³-hybridized carbons (Fsp3) is 0.188. The van der Waals surface area contributed by atoms with Crippen LogP contribution in [0.15, 0.2) is 36.4 Å². The summed E-state index contributed by atoms with van der Waals surface area (Å²) in [6.45, 7) is 1.58. The maximum absolute atomic E-state index is 13.2. The molecular weight excluding hydrogens is 227 g/mol. The van der Waals surface area contributed by atoms with Gasteiger partial charge in [0.2, 0.25) is 0 Å². The summed E-state index contributed by atoms with van der Waals surface area (Å²) in [5.41, 5.74) is 5.20. The summed E-state index contributed by atoms with van der Waals surface area (Å²) in [4.78, 5) is 11.4. The molecule has 1 aliphatic carbocycles. The highest BCUT2D eigenvalue weighted by atomic mass is 19.1. The van der Waals surface area contributed by atoms with Gasteiger partial charge in [-0.05, 0) is 60.2 Å². The average molecular weight is 240 g/mol. The molecule has 18 heavy (non-hydrogen) atoms. The van der Waals surface area contributed by atoms with E-state index in [-0.39, 0.29) is 11.6 Å². The number of aryl methyl sites for hydroxylation is 2. The molecule has 0 fully saturated rings. The predicted molar refractivity (Wildman–Crippen MR) is 69.2 cm³/mol. The Labute approximate surface area is 105 Å². The minimum absolute atomic E-state index is 0.0858. The Morgan fingerprint density at radius 2 is 1.61 bits per heavy atom. The van der Waals surface area contributed by atoms with Gasteiger partial charge in [0.15, 0.2) is 5.78 Å². The first-order valence-corrected chi connectivity index (χ1v) is 6.08. The highest BCUT2D eigenvalue weighted by Crippen LogP contribution is 2.34. The Bertz CT molecular complexity index is 644. The molecule has 0 amide bonds. The van der Waals surface area contributed by atoms with Crippen LogP contribution < -0.4 is 0 Å². The summed E-state index contributed by atoms with van der Waals surface area (Å²) >= 11 is 0. The van der Waals surface area contributed by atoms with Gasteiger partial charge >= 0.3 is 0 Å². The molecule has 2 heteroatoms. The molecule has 0 aliphatic heterocycles. The maximum Gasteiger partial charge on any atom is 0.159 e. The van der Waals surface area contributed by atoms with Crippen molar-refractivity contribution in [3.05, 3.63) is 58.9 Å². The zero-order valence-electron chi connectivity index (χ0n) is 10.2. The van der Waals surface area contributed by atoms with Crippen molar-refractivity contribution in [1.29, 1.82) is 0 Å². The number of hydrogen-bond acceptors (Lipinski definition) is 1. The molecule has 0 aromatic heterocycles. The van der Waals surface area contributed by atoms with Crippen molar-refractivity contribution in [2.75, 3.05) is 0 Å². The molecule has 0 bridgehead atoms. The molecule has 2 aromatic carbocycles. The van der Waals surface area contributed by atoms with Crippen molar-refractivity contribution < 1.29 is 9.18 Å². The highest BCUT2D eigenvalue weighted by Gasteiger charge is 2.17. The van der Waals surface area contributed by atoms with E-state index in [1.54, 1.807) is 13.0 Å². The SMILES string of the molecule is CC(=O)c1ccc2c(c1)CCc1cc(F)ccc1-2. The lowest BCUT2D eigenvalue weighted by Crippen LogP contribution is -2.06. The van der Waals surface area contributed by atoms with Gasteiger partial charge in [-0.3, -0.25) is 4.79 Å². The summed E-state index contributed by atoms with van der Waals surface area (Å²) < 4.78 is 13.2. The zero-order chi connectivity index (χ0) is 12.7. The minimum atomic E-state index is -0.183. The Hall–Kier alpha value is -1.96. The number of fused-ring (bicyclic) bond motifs is 3. The third-order valence-corrected chi connectivity index (χ3v) is 3.53. The van der Waals surface area contributed by atoms with Gasteiger partial charge in [0.1, 0.15) is 5.82 Å². The molecular formula is C16H13FO. The van der Waals surface area contributed by atoms with E-state index in [0.717, 1.165) is 35.1 Å². The summed E-state index contributed by atoms with van der Waals surface area (Å²) in [6.07, 6.45) is 1.70. The van der Waals surface area contributed by atoms with Crippen molar-refractivity contribution in [2.24, 2.45) is 0 Å². The topological polar surface area (TPSA) is 17.1 Å². The summed E-state index contributed by atoms with van der Waals surface area (Å²) in [7, 11) is 0. The third kappa shape index (κ3) is 1.74. The van der Waals surface area contributed by atoms with Crippen LogP contribution in [0.4, 0.5) is 4.39 Å². The third-order valence-electron chi connectivity index (χ3n) is 3.53. The molecule has 1 nitrogen and oxygen atoms in total. The number of carbonyl (C=O) groups excluding carboxylic acids is 1. The van der Waals surface area contributed by atoms with Crippen LogP contribution in [0.25, 0.3) is 11.1 Å². The number of carbonyl (C=O) groups is 1. The minimum Gasteiger partial charge on any atom is -0.295 e. The molecule has 3 rings (SSSR count). The molecule has 0 spiro atoms. The van der Waals surface area contributed by atoms with Crippen LogP contribution >= 0.6 is 0 Å². The van der Waals surface area contributed by atoms with E-state index >= 15 is 0 Å². The van der Waals surface area contributed by atoms with Crippen molar-refractivity contribution >= 4 is 5.78 Å². The quantitative estimate of drug-likeness (QED) is 0.693. The van der Waals surface area contributed by atoms with Crippen molar-refractivity contribution in [1.82, 2.24) is 0 Å². The standard InChI is InChI=1S/C16H13FO/c1-10(18)11-4-6-15-12(8-11)2-3-13-9-14(17)5-7-16(13)15/h4-9H,2-3H2,1H3. The number of ketones is 1. The van der Waals surface area contributed by atoms with Crippen LogP contribution in [-0.2, 0) is 12.8 Å². The van der Waals surface area contributed by atoms with Gasteiger partial charge in [0, 0.05) is 5.56 Å². The van der Waals surface area contributed by atoms with Crippen molar-refractivity contribution in [3.8, 4) is 11.1 Å². The van der Waals surface area contributed by atoms with Crippen molar-refractivity contribution in [2.45, 2.75) is 19.8 Å². The number of hydrogen-bond donors (Lipinski definition) is 0. The van der Waals surface area contributed by atoms with E-state index in [9.17, 15) is 9.18 Å². The second-order valence-electron chi connectivity index (χ2n) is 4.73. The normalized spacial score (nSPS) is 12.8. The average Bonchev–Trinajstić information content (AvgIpc) is 2.37. The first-order chi connectivity index (χ1) is 8.65. The van der Waals surface area contributed by atoms with Gasteiger partial charge in [-0.2, -0.15) is 0 Å². The van der Waals surface area contributed by atoms with E-state index in [0.29, 0.717) is 0 Å². The van der Waals surface area contributed by atoms with E-state index in [1.165, 1.54) is 11.6 Å². The molecule has 90 valence electrons. The Balaban J connectivity index is 2.16. The number of halogens is 1. The second kappa shape index (κ2) is 4.05. The van der Waals surface area contributed by atoms with E-state index < -0.39 is 0 Å². The van der Waals surface area contributed by atoms with E-state index in [2.05, 4.69) is 0 Å². The van der Waals surface area contributed by atoms with Crippen LogP contribution in [0.3, 0.4) is 0 Å². The lowest BCUT2D eigenvalue weighted by atomic mass is 9.84. The van der Waals surface area contributed by atoms with E-state index in [4.69, 9.17) is 0 Å². The molecule has 0 saturated carbocycles. The molecule has 0 saturated heterocycles. The first-order valence-electron chi connectivity index (χ1n) is 6.08. The van der Waals surface area contributed by atoms with Gasteiger partial charge in [-0.1, -0.05) is 18.2 Å². The molecule has 0 heterocycles. The van der Waals surface area contributed by atoms with Crippen LogP contribution in [0.2, 0.25) is 0 Å². The Kier molecular flexibility index (Phi) is 2.51. The summed E-state index contributed by atoms with van der Waals surface area (Å²) in [6, 6.07) is 10.7. The smallest absolute Gasteiger partial charge is 0.159 e. The maximum atomic E-state index is 13.2. The van der Waals surface area contributed by atoms with Gasteiger partial charge in [-0.25, -0.2) is 4.39 Å². The summed E-state index contributed by atoms with van der Waals surface area (Å²) in [5, 5.41) is 0. The highest BCUT2D eigenvalue weighted by molar-refractivity contribution is 5.95. The lowest BCUT2D eigenvalue weighted by molar-refractivity contribution is 0.101. The number of benzene rings is 2. The number of Topliss-reactive ketones (excluding diaryl/α,β-unsaturated/α-hetero) is 1. The van der Waals surface area contributed by atoms with Gasteiger partial charge in [0.25, 0.3) is 0 Å². The molecule has 1 aliphatic rings. The molecule has 0 N–H and O–H groups in total. The second-order valence-corrected chi connectivity index (χ2v) is 4.73. The molecule has 0 atom stereocenters. The summed E-state index contributed by atoms with van der Waals surface area (Å²) in [5.74, 6) is -0.0970. The van der Waals surface area contributed by atoms with E-state index in [1.807, 2.05) is 24.3 Å². The molecule has 0 unspecified atom stereocenters. The fourth-order valence-electron chi connectivity index (χ4n) is 2.58. The van der Waals surface area contributed by atoms with Gasteiger partial charge in [-0.15, -0.1) is 0 Å². The van der Waals surface area contributed by atoms with Crippen LogP contribution in [-0.4, -0.2) is 5.78 Å². The first kappa shape index (κ1) is 11.1. The molecule has 2 aromatic rings. The lowest BCUT2D eigenvalue weighted by Gasteiger charge is -2.20. The van der Waals surface area contributed by atoms with Crippen LogP contribution in [0.5, 0.6) is 0 Å². The van der Waals surface area contributed by atoms with Crippen LogP contribution in [0.1, 0.15) is 28.4 Å². The van der Waals surface area contributed by atoms with Gasteiger partial charge in [0.05, 0.1) is 0 Å². The van der Waals surface area contributed by atoms with Crippen LogP contribution in [0, 0.1) is 5.82 Å². The van der Waals surface area contributed by atoms with Crippen molar-refractivity contribution in [3.63, 3.8) is 0 Å². The molecule has 0 radical (unpaired) electrons. The predicted octanol–water partition coefficient (Wildman–Crippen LogP) is 3.79.